The minimum Gasteiger partial charge on any atom is -0.360 e. The van der Waals surface area contributed by atoms with Crippen LogP contribution in [0, 0.1) is 0 Å². The topological polar surface area (TPSA) is 98.8 Å². The number of benzene rings is 2. The highest BCUT2D eigenvalue weighted by Gasteiger charge is 2.27. The van der Waals surface area contributed by atoms with Gasteiger partial charge in [-0.25, -0.2) is 16.8 Å². The molecule has 2 aliphatic rings. The lowest BCUT2D eigenvalue weighted by Crippen LogP contribution is -2.41. The van der Waals surface area contributed by atoms with Crippen LogP contribution in [0.3, 0.4) is 0 Å². The summed E-state index contributed by atoms with van der Waals surface area (Å²) in [5, 5.41) is 0. The first-order valence-corrected chi connectivity index (χ1v) is 11.8. The van der Waals surface area contributed by atoms with Gasteiger partial charge in [0, 0.05) is 14.1 Å². The molecule has 2 aromatic rings. The predicted octanol–water partition coefficient (Wildman–Crippen LogP) is 0.843. The summed E-state index contributed by atoms with van der Waals surface area (Å²) in [5.74, 6) is 0. The van der Waals surface area contributed by atoms with Gasteiger partial charge < -0.3 is 9.80 Å². The van der Waals surface area contributed by atoms with Crippen LogP contribution in [0.15, 0.2) is 46.2 Å². The van der Waals surface area contributed by atoms with E-state index >= 15 is 0 Å². The normalized spacial score (nSPS) is 19.8. The Bertz CT molecular complexity index is 1050. The van der Waals surface area contributed by atoms with E-state index in [4.69, 9.17) is 0 Å². The fraction of sp³-hybridized carbons (Fsp3) is 0.333. The van der Waals surface area contributed by atoms with Gasteiger partial charge in [-0.1, -0.05) is 12.1 Å². The van der Waals surface area contributed by atoms with Gasteiger partial charge in [-0.05, 0) is 48.2 Å². The molecule has 0 aromatic heterocycles. The van der Waals surface area contributed by atoms with Gasteiger partial charge in [0.25, 0.3) is 0 Å². The quantitative estimate of drug-likeness (QED) is 0.761. The van der Waals surface area contributed by atoms with Gasteiger partial charge in [0.2, 0.25) is 20.0 Å². The summed E-state index contributed by atoms with van der Waals surface area (Å²) < 4.78 is 53.6. The first-order valence-electron chi connectivity index (χ1n) is 8.85. The van der Waals surface area contributed by atoms with Gasteiger partial charge in [-0.15, -0.1) is 0 Å². The number of hydrogen-bond donors (Lipinski definition) is 2. The molecule has 150 valence electrons. The van der Waals surface area contributed by atoms with Crippen LogP contribution in [0.1, 0.15) is 11.1 Å². The van der Waals surface area contributed by atoms with Gasteiger partial charge in [0.15, 0.2) is 0 Å². The van der Waals surface area contributed by atoms with Crippen molar-refractivity contribution in [2.45, 2.75) is 22.6 Å². The van der Waals surface area contributed by atoms with Crippen molar-refractivity contribution in [2.24, 2.45) is 0 Å². The number of fused-ring (bicyclic) bond motifs is 2. The molecule has 0 bridgehead atoms. The van der Waals surface area contributed by atoms with Crippen LogP contribution < -0.4 is 19.2 Å². The van der Waals surface area contributed by atoms with E-state index in [0.717, 1.165) is 24.0 Å². The number of anilines is 2. The molecular formula is C18H22N4O4S2. The Balaban J connectivity index is 1.58. The molecule has 2 heterocycles. The average molecular weight is 423 g/mol. The van der Waals surface area contributed by atoms with E-state index in [1.165, 1.54) is 0 Å². The molecule has 0 radical (unpaired) electrons. The molecule has 0 aliphatic carbocycles. The lowest BCUT2D eigenvalue weighted by molar-refractivity contribution is 0.573. The maximum absolute atomic E-state index is 12.1. The third kappa shape index (κ3) is 3.37. The smallest absolute Gasteiger partial charge is 0.244 e. The standard InChI is InChI=1S/C18H22N4O4S2/c1-21-11-19-27(23,24)17-7-5-13(9-15(17)21)3-4-14-6-8-18-16(10-14)22(2)12-20-28(18,25)26/h5-10,19-20H,3-4,11-12H2,1-2H3. The summed E-state index contributed by atoms with van der Waals surface area (Å²) in [6, 6.07) is 10.8. The van der Waals surface area contributed by atoms with Gasteiger partial charge in [0.05, 0.1) is 24.7 Å². The van der Waals surface area contributed by atoms with E-state index in [1.54, 1.807) is 12.1 Å². The van der Waals surface area contributed by atoms with E-state index < -0.39 is 20.0 Å². The number of nitrogens with zero attached hydrogens (tertiary/aromatic N) is 2. The lowest BCUT2D eigenvalue weighted by atomic mass is 10.0. The lowest BCUT2D eigenvalue weighted by Gasteiger charge is -2.28. The Hall–Kier alpha value is -2.14. The van der Waals surface area contributed by atoms with Crippen LogP contribution in [-0.4, -0.2) is 44.3 Å². The monoisotopic (exact) mass is 422 g/mol. The molecule has 10 heteroatoms. The van der Waals surface area contributed by atoms with Crippen LogP contribution in [-0.2, 0) is 32.9 Å². The molecule has 2 aliphatic heterocycles. The summed E-state index contributed by atoms with van der Waals surface area (Å²) in [5.41, 5.74) is 3.45. The largest absolute Gasteiger partial charge is 0.360 e. The van der Waals surface area contributed by atoms with Crippen molar-refractivity contribution in [2.75, 3.05) is 37.2 Å². The van der Waals surface area contributed by atoms with Crippen LogP contribution in [0.25, 0.3) is 0 Å². The van der Waals surface area contributed by atoms with Crippen LogP contribution in [0.4, 0.5) is 11.4 Å². The van der Waals surface area contributed by atoms with Crippen LogP contribution >= 0.6 is 0 Å². The predicted molar refractivity (Wildman–Crippen MR) is 107 cm³/mol. The molecule has 8 nitrogen and oxygen atoms in total. The van der Waals surface area contributed by atoms with Crippen molar-refractivity contribution in [1.82, 2.24) is 9.44 Å². The van der Waals surface area contributed by atoms with Crippen molar-refractivity contribution < 1.29 is 16.8 Å². The van der Waals surface area contributed by atoms with Crippen molar-refractivity contribution in [3.8, 4) is 0 Å². The SMILES string of the molecule is CN1CNS(=O)(=O)c2ccc(CCc3ccc4c(c3)N(C)CNS4(=O)=O)cc21. The molecule has 0 amide bonds. The van der Waals surface area contributed by atoms with E-state index in [1.807, 2.05) is 48.2 Å². The summed E-state index contributed by atoms with van der Waals surface area (Å²) in [7, 11) is -3.20. The highest BCUT2D eigenvalue weighted by atomic mass is 32.2. The molecule has 0 saturated carbocycles. The second-order valence-corrected chi connectivity index (χ2v) is 10.6. The van der Waals surface area contributed by atoms with Gasteiger partial charge in [0.1, 0.15) is 9.79 Å². The molecule has 0 unspecified atom stereocenters. The highest BCUT2D eigenvalue weighted by molar-refractivity contribution is 7.90. The highest BCUT2D eigenvalue weighted by Crippen LogP contribution is 2.31. The van der Waals surface area contributed by atoms with Crippen molar-refractivity contribution in [1.29, 1.82) is 0 Å². The molecule has 4 rings (SSSR count). The number of hydrogen-bond acceptors (Lipinski definition) is 6. The maximum atomic E-state index is 12.1. The molecule has 0 fully saturated rings. The molecule has 28 heavy (non-hydrogen) atoms. The average Bonchev–Trinajstić information content (AvgIpc) is 2.66. The summed E-state index contributed by atoms with van der Waals surface area (Å²) in [6.45, 7) is 0.497. The fourth-order valence-electron chi connectivity index (χ4n) is 3.47. The number of rotatable bonds is 3. The van der Waals surface area contributed by atoms with Crippen molar-refractivity contribution in [3.05, 3.63) is 47.5 Å². The zero-order valence-corrected chi connectivity index (χ0v) is 17.3. The minimum absolute atomic E-state index is 0.248. The first-order chi connectivity index (χ1) is 13.2. The summed E-state index contributed by atoms with van der Waals surface area (Å²) in [6.07, 6.45) is 1.45. The zero-order chi connectivity index (χ0) is 20.1. The minimum atomic E-state index is -3.45. The summed E-state index contributed by atoms with van der Waals surface area (Å²) >= 11 is 0. The third-order valence-electron chi connectivity index (χ3n) is 5.13. The maximum Gasteiger partial charge on any atom is 0.244 e. The number of nitrogens with one attached hydrogen (secondary N) is 2. The fourth-order valence-corrected chi connectivity index (χ4v) is 5.98. The molecule has 0 spiro atoms. The van der Waals surface area contributed by atoms with Crippen molar-refractivity contribution >= 4 is 31.4 Å². The van der Waals surface area contributed by atoms with Gasteiger partial charge in [-0.3, -0.25) is 0 Å². The molecule has 2 N–H and O–H groups in total. The molecular weight excluding hydrogens is 400 g/mol. The molecule has 0 saturated heterocycles. The Labute approximate surface area is 165 Å². The third-order valence-corrected chi connectivity index (χ3v) is 8.00. The molecule has 0 atom stereocenters. The number of sulfonamides is 2. The van der Waals surface area contributed by atoms with E-state index in [2.05, 4.69) is 9.44 Å². The van der Waals surface area contributed by atoms with Gasteiger partial charge in [-0.2, -0.15) is 9.44 Å². The van der Waals surface area contributed by atoms with Crippen LogP contribution in [0.2, 0.25) is 0 Å². The second kappa shape index (κ2) is 6.73. The Morgan fingerprint density at radius 1 is 0.750 bits per heavy atom. The Morgan fingerprint density at radius 3 is 1.54 bits per heavy atom. The zero-order valence-electron chi connectivity index (χ0n) is 15.6. The van der Waals surface area contributed by atoms with Gasteiger partial charge >= 0.3 is 0 Å². The second-order valence-electron chi connectivity index (χ2n) is 7.11. The molecule has 2 aromatic carbocycles. The Kier molecular flexibility index (Phi) is 4.61. The van der Waals surface area contributed by atoms with E-state index in [-0.39, 0.29) is 23.1 Å². The van der Waals surface area contributed by atoms with Crippen LogP contribution in [0.5, 0.6) is 0 Å². The summed E-state index contributed by atoms with van der Waals surface area (Å²) in [4.78, 5) is 4.31. The van der Waals surface area contributed by atoms with E-state index in [9.17, 15) is 16.8 Å². The first kappa shape index (κ1) is 19.2. The number of aryl methyl sites for hydroxylation is 2. The Morgan fingerprint density at radius 2 is 1.14 bits per heavy atom. The van der Waals surface area contributed by atoms with Crippen molar-refractivity contribution in [3.63, 3.8) is 0 Å². The van der Waals surface area contributed by atoms with E-state index in [0.29, 0.717) is 11.4 Å².